The van der Waals surface area contributed by atoms with E-state index in [-0.39, 0.29) is 17.9 Å². The number of anilines is 1. The van der Waals surface area contributed by atoms with Crippen molar-refractivity contribution in [1.29, 1.82) is 0 Å². The highest BCUT2D eigenvalue weighted by Crippen LogP contribution is 2.33. The number of benzene rings is 1. The average Bonchev–Trinajstić information content (AvgIpc) is 2.84. The molecule has 1 unspecified atom stereocenters. The predicted octanol–water partition coefficient (Wildman–Crippen LogP) is 2.79. The van der Waals surface area contributed by atoms with Crippen LogP contribution in [0.3, 0.4) is 0 Å². The maximum atomic E-state index is 13.2. The van der Waals surface area contributed by atoms with Gasteiger partial charge >= 0.3 is 0 Å². The van der Waals surface area contributed by atoms with Gasteiger partial charge in [-0.05, 0) is 30.5 Å². The van der Waals surface area contributed by atoms with Gasteiger partial charge in [-0.25, -0.2) is 9.97 Å². The molecule has 0 spiro atoms. The zero-order valence-corrected chi connectivity index (χ0v) is 18.8. The molecule has 2 N–H and O–H groups in total. The average molecular weight is 438 g/mol. The Morgan fingerprint density at radius 2 is 1.97 bits per heavy atom. The van der Waals surface area contributed by atoms with Crippen LogP contribution in [0.15, 0.2) is 30.5 Å². The van der Waals surface area contributed by atoms with E-state index in [4.69, 9.17) is 15.5 Å². The van der Waals surface area contributed by atoms with Crippen LogP contribution in [0.25, 0.3) is 11.1 Å². The summed E-state index contributed by atoms with van der Waals surface area (Å²) in [7, 11) is 3.76. The monoisotopic (exact) mass is 437 g/mol. The van der Waals surface area contributed by atoms with Gasteiger partial charge in [0.15, 0.2) is 0 Å². The molecule has 8 nitrogen and oxygen atoms in total. The summed E-state index contributed by atoms with van der Waals surface area (Å²) in [6.07, 6.45) is 6.81. The summed E-state index contributed by atoms with van der Waals surface area (Å²) >= 11 is 0. The van der Waals surface area contributed by atoms with Crippen LogP contribution in [0.4, 0.5) is 5.95 Å². The number of carbonyl (C=O) groups is 2. The third-order valence-corrected chi connectivity index (χ3v) is 6.30. The number of morpholine rings is 1. The van der Waals surface area contributed by atoms with Crippen LogP contribution in [0.1, 0.15) is 54.3 Å². The molecule has 1 aliphatic heterocycles. The van der Waals surface area contributed by atoms with Crippen LogP contribution >= 0.6 is 0 Å². The highest BCUT2D eigenvalue weighted by atomic mass is 16.5. The number of hydrogen-bond acceptors (Lipinski definition) is 6. The number of nitrogens with zero attached hydrogens (tertiary/aromatic N) is 4. The normalized spacial score (nSPS) is 19.6. The Hall–Kier alpha value is -3.00. The molecule has 170 valence electrons. The van der Waals surface area contributed by atoms with Crippen molar-refractivity contribution in [3.8, 4) is 11.1 Å². The first-order valence-electron chi connectivity index (χ1n) is 11.3. The molecule has 0 bridgehead atoms. The zero-order valence-electron chi connectivity index (χ0n) is 18.8. The zero-order chi connectivity index (χ0) is 22.7. The molecule has 2 fully saturated rings. The van der Waals surface area contributed by atoms with Gasteiger partial charge in [0.2, 0.25) is 17.8 Å². The third kappa shape index (κ3) is 4.75. The minimum absolute atomic E-state index is 0.122. The quantitative estimate of drug-likeness (QED) is 0.772. The van der Waals surface area contributed by atoms with Crippen molar-refractivity contribution in [3.05, 3.63) is 41.7 Å². The van der Waals surface area contributed by atoms with E-state index in [0.717, 1.165) is 36.8 Å². The molecule has 1 aromatic carbocycles. The van der Waals surface area contributed by atoms with E-state index in [2.05, 4.69) is 4.98 Å². The molecule has 2 aromatic rings. The molecule has 2 aliphatic rings. The van der Waals surface area contributed by atoms with Crippen molar-refractivity contribution in [2.24, 2.45) is 11.7 Å². The van der Waals surface area contributed by atoms with Crippen LogP contribution < -0.4 is 10.6 Å². The molecule has 1 atom stereocenters. The number of primary amides is 1. The molecule has 2 heterocycles. The van der Waals surface area contributed by atoms with Gasteiger partial charge in [0, 0.05) is 43.9 Å². The molecule has 1 aromatic heterocycles. The highest BCUT2D eigenvalue weighted by molar-refractivity contribution is 5.94. The van der Waals surface area contributed by atoms with Gasteiger partial charge in [-0.15, -0.1) is 0 Å². The van der Waals surface area contributed by atoms with Gasteiger partial charge in [-0.3, -0.25) is 9.59 Å². The molecule has 1 aliphatic carbocycles. The lowest BCUT2D eigenvalue weighted by atomic mass is 9.88. The van der Waals surface area contributed by atoms with Gasteiger partial charge in [0.1, 0.15) is 6.10 Å². The summed E-state index contributed by atoms with van der Waals surface area (Å²) < 4.78 is 6.11. The van der Waals surface area contributed by atoms with Crippen molar-refractivity contribution in [1.82, 2.24) is 14.9 Å². The second kappa shape index (κ2) is 9.65. The molecular formula is C24H31N5O3. The Bertz CT molecular complexity index is 987. The molecule has 0 radical (unpaired) electrons. The maximum Gasteiger partial charge on any atom is 0.248 e. The fourth-order valence-corrected chi connectivity index (χ4v) is 4.53. The molecule has 2 amide bonds. The Kier molecular flexibility index (Phi) is 6.69. The number of carbonyl (C=O) groups excluding carboxylic acids is 2. The van der Waals surface area contributed by atoms with E-state index in [1.54, 1.807) is 24.4 Å². The molecule has 8 heteroatoms. The van der Waals surface area contributed by atoms with Crippen molar-refractivity contribution in [2.75, 3.05) is 38.7 Å². The van der Waals surface area contributed by atoms with Crippen molar-refractivity contribution in [3.63, 3.8) is 0 Å². The topological polar surface area (TPSA) is 102 Å². The summed E-state index contributed by atoms with van der Waals surface area (Å²) in [4.78, 5) is 37.9. The number of aromatic nitrogens is 2. The minimum Gasteiger partial charge on any atom is -0.368 e. The summed E-state index contributed by atoms with van der Waals surface area (Å²) in [5.74, 6) is 0.431. The van der Waals surface area contributed by atoms with E-state index in [1.807, 2.05) is 30.0 Å². The first kappa shape index (κ1) is 22.2. The lowest BCUT2D eigenvalue weighted by Gasteiger charge is -2.36. The van der Waals surface area contributed by atoms with Crippen molar-refractivity contribution >= 4 is 17.8 Å². The van der Waals surface area contributed by atoms with E-state index < -0.39 is 5.91 Å². The lowest BCUT2D eigenvalue weighted by molar-refractivity contribution is -0.144. The second-order valence-corrected chi connectivity index (χ2v) is 8.79. The summed E-state index contributed by atoms with van der Waals surface area (Å²) in [6.45, 7) is 1.52. The second-order valence-electron chi connectivity index (χ2n) is 8.79. The maximum absolute atomic E-state index is 13.2. The van der Waals surface area contributed by atoms with Crippen molar-refractivity contribution in [2.45, 2.75) is 38.2 Å². The number of nitrogens with two attached hydrogens (primary N) is 1. The Morgan fingerprint density at radius 3 is 2.69 bits per heavy atom. The fraction of sp³-hybridized carbons (Fsp3) is 0.500. The number of hydrogen-bond donors (Lipinski definition) is 1. The minimum atomic E-state index is -0.489. The van der Waals surface area contributed by atoms with Gasteiger partial charge in [0.05, 0.1) is 18.8 Å². The largest absolute Gasteiger partial charge is 0.368 e. The molecule has 32 heavy (non-hydrogen) atoms. The van der Waals surface area contributed by atoms with Crippen LogP contribution in [-0.4, -0.2) is 60.5 Å². The van der Waals surface area contributed by atoms with E-state index >= 15 is 0 Å². The molecule has 4 rings (SSSR count). The fourth-order valence-electron chi connectivity index (χ4n) is 4.53. The lowest BCUT2D eigenvalue weighted by Crippen LogP contribution is -2.45. The van der Waals surface area contributed by atoms with Gasteiger partial charge < -0.3 is 20.3 Å². The first-order chi connectivity index (χ1) is 15.4. The van der Waals surface area contributed by atoms with Crippen LogP contribution in [0.2, 0.25) is 0 Å². The van der Waals surface area contributed by atoms with E-state index in [9.17, 15) is 9.59 Å². The number of ether oxygens (including phenoxy) is 1. The Morgan fingerprint density at radius 1 is 1.19 bits per heavy atom. The van der Waals surface area contributed by atoms with Crippen LogP contribution in [0.5, 0.6) is 0 Å². The van der Waals surface area contributed by atoms with Gasteiger partial charge in [-0.1, -0.05) is 31.4 Å². The van der Waals surface area contributed by atoms with Gasteiger partial charge in [-0.2, -0.15) is 0 Å². The third-order valence-electron chi connectivity index (χ3n) is 6.30. The van der Waals surface area contributed by atoms with E-state index in [1.165, 1.54) is 6.42 Å². The first-order valence-corrected chi connectivity index (χ1v) is 11.3. The molecular weight excluding hydrogens is 406 g/mol. The molecule has 1 saturated carbocycles. The summed E-state index contributed by atoms with van der Waals surface area (Å²) in [5.41, 5.74) is 8.18. The molecule has 1 saturated heterocycles. The predicted molar refractivity (Wildman–Crippen MR) is 122 cm³/mol. The number of amides is 2. The Labute approximate surface area is 188 Å². The number of rotatable bonds is 5. The van der Waals surface area contributed by atoms with Crippen molar-refractivity contribution < 1.29 is 14.3 Å². The summed E-state index contributed by atoms with van der Waals surface area (Å²) in [5, 5.41) is 0. The standard InChI is InChI=1S/C24H31N5O3/c1-28(2)24-26-14-19(17-9-6-10-18(13-17)22(25)30)21(27-24)20-15-29(11-12-32-20)23(31)16-7-4-3-5-8-16/h6,9-10,13-14,16,20H,3-5,7-8,11-12,15H2,1-2H3,(H2,25,30). The Balaban J connectivity index is 1.66. The summed E-state index contributed by atoms with van der Waals surface area (Å²) in [6, 6.07) is 7.12. The van der Waals surface area contributed by atoms with Crippen LogP contribution in [-0.2, 0) is 9.53 Å². The van der Waals surface area contributed by atoms with Gasteiger partial charge in [0.25, 0.3) is 0 Å². The SMILES string of the molecule is CN(C)c1ncc(-c2cccc(C(N)=O)c2)c(C2CN(C(=O)C3CCCCC3)CCO2)n1. The van der Waals surface area contributed by atoms with Crippen LogP contribution in [0, 0.1) is 5.92 Å². The highest BCUT2D eigenvalue weighted by Gasteiger charge is 2.32. The van der Waals surface area contributed by atoms with E-state index in [0.29, 0.717) is 36.9 Å². The smallest absolute Gasteiger partial charge is 0.248 e.